The normalized spacial score (nSPS) is 12.0. The summed E-state index contributed by atoms with van der Waals surface area (Å²) in [6, 6.07) is 13.7. The summed E-state index contributed by atoms with van der Waals surface area (Å²) in [6.07, 6.45) is 0. The zero-order valence-electron chi connectivity index (χ0n) is 12.5. The first kappa shape index (κ1) is 11.7. The van der Waals surface area contributed by atoms with E-state index in [-0.39, 0.29) is 0 Å². The molecule has 0 atom stereocenters. The van der Waals surface area contributed by atoms with Crippen molar-refractivity contribution in [2.24, 2.45) is 0 Å². The minimum absolute atomic E-state index is 1.33. The molecule has 0 aromatic heterocycles. The first-order valence-electron chi connectivity index (χ1n) is 7.23. The maximum Gasteiger partial charge on any atom is -0.00213 e. The van der Waals surface area contributed by atoms with Crippen LogP contribution in [-0.4, -0.2) is 0 Å². The lowest BCUT2D eigenvalue weighted by atomic mass is 9.87. The Balaban J connectivity index is 2.43. The van der Waals surface area contributed by atoms with Crippen LogP contribution in [0.5, 0.6) is 0 Å². The third-order valence-electron chi connectivity index (χ3n) is 4.92. The van der Waals surface area contributed by atoms with Gasteiger partial charge in [0.25, 0.3) is 0 Å². The van der Waals surface area contributed by atoms with Gasteiger partial charge in [-0.1, -0.05) is 36.4 Å². The maximum absolute atomic E-state index is 2.30. The van der Waals surface area contributed by atoms with Crippen LogP contribution in [0.1, 0.15) is 22.3 Å². The highest BCUT2D eigenvalue weighted by Crippen LogP contribution is 2.39. The molecule has 0 nitrogen and oxygen atoms in total. The van der Waals surface area contributed by atoms with E-state index in [0.29, 0.717) is 0 Å². The van der Waals surface area contributed by atoms with Crippen molar-refractivity contribution in [1.82, 2.24) is 0 Å². The van der Waals surface area contributed by atoms with Crippen LogP contribution in [0.3, 0.4) is 0 Å². The molecule has 20 heavy (non-hydrogen) atoms. The minimum atomic E-state index is 1.33. The smallest absolute Gasteiger partial charge is 0.00213 e. The second-order valence-electron chi connectivity index (χ2n) is 6.06. The van der Waals surface area contributed by atoms with Crippen molar-refractivity contribution in [2.45, 2.75) is 27.7 Å². The fourth-order valence-electron chi connectivity index (χ4n) is 3.63. The number of aryl methyl sites for hydroxylation is 3. The molecule has 0 N–H and O–H groups in total. The summed E-state index contributed by atoms with van der Waals surface area (Å²) < 4.78 is 0. The molecular formula is C20H18. The van der Waals surface area contributed by atoms with E-state index < -0.39 is 0 Å². The van der Waals surface area contributed by atoms with E-state index in [0.717, 1.165) is 0 Å². The Kier molecular flexibility index (Phi) is 2.18. The van der Waals surface area contributed by atoms with Gasteiger partial charge in [0.1, 0.15) is 0 Å². The quantitative estimate of drug-likeness (QED) is 0.349. The SMILES string of the molecule is Cc1cc2ccc3c(C)c(C)c(C)c4ccc(c1)c2c34. The largest absolute Gasteiger partial charge is 0.0537 e. The fourth-order valence-corrected chi connectivity index (χ4v) is 3.63. The summed E-state index contributed by atoms with van der Waals surface area (Å²) >= 11 is 0. The Bertz CT molecular complexity index is 901. The topological polar surface area (TPSA) is 0 Å². The van der Waals surface area contributed by atoms with Gasteiger partial charge in [0.15, 0.2) is 0 Å². The molecule has 4 rings (SSSR count). The van der Waals surface area contributed by atoms with Crippen LogP contribution < -0.4 is 0 Å². The van der Waals surface area contributed by atoms with E-state index in [1.165, 1.54) is 54.6 Å². The highest BCUT2D eigenvalue weighted by molar-refractivity contribution is 6.24. The average Bonchev–Trinajstić information content (AvgIpc) is 2.44. The van der Waals surface area contributed by atoms with Crippen LogP contribution in [-0.2, 0) is 0 Å². The van der Waals surface area contributed by atoms with Crippen molar-refractivity contribution >= 4 is 32.3 Å². The number of benzene rings is 4. The van der Waals surface area contributed by atoms with Gasteiger partial charge in [0.2, 0.25) is 0 Å². The molecule has 0 aliphatic rings. The maximum atomic E-state index is 2.30. The molecule has 0 amide bonds. The molecule has 0 bridgehead atoms. The average molecular weight is 258 g/mol. The highest BCUT2D eigenvalue weighted by Gasteiger charge is 2.13. The van der Waals surface area contributed by atoms with Crippen LogP contribution in [0, 0.1) is 27.7 Å². The van der Waals surface area contributed by atoms with E-state index in [4.69, 9.17) is 0 Å². The van der Waals surface area contributed by atoms with Crippen molar-refractivity contribution in [1.29, 1.82) is 0 Å². The molecule has 0 saturated heterocycles. The third-order valence-corrected chi connectivity index (χ3v) is 4.92. The van der Waals surface area contributed by atoms with Crippen molar-refractivity contribution in [2.75, 3.05) is 0 Å². The number of rotatable bonds is 0. The predicted molar refractivity (Wildman–Crippen MR) is 89.1 cm³/mol. The summed E-state index contributed by atoms with van der Waals surface area (Å²) in [7, 11) is 0. The molecule has 98 valence electrons. The monoisotopic (exact) mass is 258 g/mol. The van der Waals surface area contributed by atoms with Crippen LogP contribution in [0.25, 0.3) is 32.3 Å². The Hall–Kier alpha value is -2.08. The van der Waals surface area contributed by atoms with Crippen molar-refractivity contribution in [3.8, 4) is 0 Å². The van der Waals surface area contributed by atoms with Gasteiger partial charge >= 0.3 is 0 Å². The van der Waals surface area contributed by atoms with Gasteiger partial charge in [0, 0.05) is 0 Å². The molecule has 4 aromatic rings. The van der Waals surface area contributed by atoms with Crippen LogP contribution in [0.2, 0.25) is 0 Å². The van der Waals surface area contributed by atoms with E-state index in [1.54, 1.807) is 0 Å². The zero-order chi connectivity index (χ0) is 14.0. The van der Waals surface area contributed by atoms with Gasteiger partial charge in [-0.3, -0.25) is 0 Å². The molecule has 0 heterocycles. The molecule has 0 aliphatic heterocycles. The number of hydrogen-bond donors (Lipinski definition) is 0. The van der Waals surface area contributed by atoms with Gasteiger partial charge in [-0.05, 0) is 82.3 Å². The molecule has 0 spiro atoms. The van der Waals surface area contributed by atoms with Gasteiger partial charge in [0.05, 0.1) is 0 Å². The fraction of sp³-hybridized carbons (Fsp3) is 0.200. The summed E-state index contributed by atoms with van der Waals surface area (Å²) in [5.74, 6) is 0. The van der Waals surface area contributed by atoms with Crippen molar-refractivity contribution in [3.63, 3.8) is 0 Å². The summed E-state index contributed by atoms with van der Waals surface area (Å²) in [5, 5.41) is 8.41. The lowest BCUT2D eigenvalue weighted by Crippen LogP contribution is -1.93. The molecule has 0 aliphatic carbocycles. The van der Waals surface area contributed by atoms with Gasteiger partial charge < -0.3 is 0 Å². The molecule has 0 saturated carbocycles. The van der Waals surface area contributed by atoms with Crippen molar-refractivity contribution < 1.29 is 0 Å². The highest BCUT2D eigenvalue weighted by atomic mass is 14.2. The van der Waals surface area contributed by atoms with E-state index >= 15 is 0 Å². The van der Waals surface area contributed by atoms with Gasteiger partial charge in [-0.15, -0.1) is 0 Å². The summed E-state index contributed by atoms with van der Waals surface area (Å²) in [4.78, 5) is 0. The summed E-state index contributed by atoms with van der Waals surface area (Å²) in [5.41, 5.74) is 5.60. The lowest BCUT2D eigenvalue weighted by Gasteiger charge is -2.17. The van der Waals surface area contributed by atoms with E-state index in [9.17, 15) is 0 Å². The summed E-state index contributed by atoms with van der Waals surface area (Å²) in [6.45, 7) is 8.91. The van der Waals surface area contributed by atoms with E-state index in [1.807, 2.05) is 0 Å². The Morgan fingerprint density at radius 3 is 1.55 bits per heavy atom. The van der Waals surface area contributed by atoms with Crippen LogP contribution >= 0.6 is 0 Å². The molecule has 0 radical (unpaired) electrons. The van der Waals surface area contributed by atoms with Crippen molar-refractivity contribution in [3.05, 3.63) is 58.7 Å². The second kappa shape index (κ2) is 3.73. The Labute approximate surface area is 119 Å². The Morgan fingerprint density at radius 1 is 0.550 bits per heavy atom. The standard InChI is InChI=1S/C20H18/c1-11-9-15-5-7-17-13(3)12(2)14(4)18-8-6-16(10-11)19(15)20(17)18/h5-10H,1-4H3. The molecular weight excluding hydrogens is 240 g/mol. The molecule has 0 heteroatoms. The van der Waals surface area contributed by atoms with Crippen LogP contribution in [0.4, 0.5) is 0 Å². The molecule has 0 fully saturated rings. The predicted octanol–water partition coefficient (Wildman–Crippen LogP) is 5.82. The van der Waals surface area contributed by atoms with Crippen LogP contribution in [0.15, 0.2) is 36.4 Å². The first-order chi connectivity index (χ1) is 9.58. The Morgan fingerprint density at radius 2 is 1.05 bits per heavy atom. The number of hydrogen-bond acceptors (Lipinski definition) is 0. The molecule has 4 aromatic carbocycles. The first-order valence-corrected chi connectivity index (χ1v) is 7.23. The van der Waals surface area contributed by atoms with E-state index in [2.05, 4.69) is 64.1 Å². The van der Waals surface area contributed by atoms with Gasteiger partial charge in [-0.25, -0.2) is 0 Å². The minimum Gasteiger partial charge on any atom is -0.0537 e. The molecule has 0 unspecified atom stereocenters. The second-order valence-corrected chi connectivity index (χ2v) is 6.06. The zero-order valence-corrected chi connectivity index (χ0v) is 12.5. The van der Waals surface area contributed by atoms with Gasteiger partial charge in [-0.2, -0.15) is 0 Å². The third kappa shape index (κ3) is 1.31. The lowest BCUT2D eigenvalue weighted by molar-refractivity contribution is 1.32.